The number of para-hydroxylation sites is 1. The Morgan fingerprint density at radius 3 is 2.50 bits per heavy atom. The van der Waals surface area contributed by atoms with E-state index in [2.05, 4.69) is 4.74 Å². The molecule has 0 aliphatic heterocycles. The maximum atomic E-state index is 11.3. The second kappa shape index (κ2) is 8.53. The summed E-state index contributed by atoms with van der Waals surface area (Å²) in [5.74, 6) is 0.436. The Labute approximate surface area is 140 Å². The van der Waals surface area contributed by atoms with E-state index in [4.69, 9.17) is 9.47 Å². The number of hydrogen-bond acceptors (Lipinski definition) is 5. The van der Waals surface area contributed by atoms with Crippen molar-refractivity contribution in [2.24, 2.45) is 0 Å². The lowest BCUT2D eigenvalue weighted by atomic mass is 10.2. The number of rotatable bonds is 7. The molecule has 0 heterocycles. The average Bonchev–Trinajstić information content (AvgIpc) is 2.61. The normalized spacial score (nSPS) is 10.8. The molecule has 2 aromatic rings. The Kier molecular flexibility index (Phi) is 6.14. The van der Waals surface area contributed by atoms with Crippen molar-refractivity contribution >= 4 is 12.3 Å². The molecule has 2 aromatic carbocycles. The van der Waals surface area contributed by atoms with Crippen LogP contribution in [0.3, 0.4) is 0 Å². The number of esters is 1. The number of methoxy groups -OCH3 is 1. The molecule has 0 fully saturated rings. The number of carbonyl (C=O) groups excluding carboxylic acids is 2. The fourth-order valence-electron chi connectivity index (χ4n) is 2.00. The fraction of sp³-hybridized carbons (Fsp3) is 0.158. The highest BCUT2D eigenvalue weighted by Crippen LogP contribution is 2.32. The number of allylic oxidation sites excluding steroid dienone is 1. The fourth-order valence-corrected chi connectivity index (χ4v) is 2.00. The molecule has 0 amide bonds. The summed E-state index contributed by atoms with van der Waals surface area (Å²) in [7, 11) is 1.28. The van der Waals surface area contributed by atoms with Gasteiger partial charge in [0.1, 0.15) is 12.4 Å². The van der Waals surface area contributed by atoms with Gasteiger partial charge >= 0.3 is 5.97 Å². The Morgan fingerprint density at radius 2 is 1.83 bits per heavy atom. The number of benzene rings is 2. The quantitative estimate of drug-likeness (QED) is 0.337. The third-order valence-electron chi connectivity index (χ3n) is 3.16. The van der Waals surface area contributed by atoms with Crippen LogP contribution in [0, 0.1) is 0 Å². The van der Waals surface area contributed by atoms with Crippen LogP contribution in [-0.4, -0.2) is 19.4 Å². The standard InChI is InChI=1S/C19H18O5/c1-14(11-18(21)22-2)24-19-16(12-20)9-6-10-17(19)23-13-15-7-4-3-5-8-15/h3-12H,13H2,1-2H3/b14-11-. The van der Waals surface area contributed by atoms with Gasteiger partial charge in [-0.3, -0.25) is 4.79 Å². The minimum Gasteiger partial charge on any atom is -0.485 e. The highest BCUT2D eigenvalue weighted by atomic mass is 16.5. The summed E-state index contributed by atoms with van der Waals surface area (Å²) < 4.78 is 16.0. The molecule has 0 saturated carbocycles. The van der Waals surface area contributed by atoms with E-state index in [9.17, 15) is 9.59 Å². The van der Waals surface area contributed by atoms with Gasteiger partial charge in [0.25, 0.3) is 0 Å². The second-order valence-electron chi connectivity index (χ2n) is 4.95. The molecule has 0 N–H and O–H groups in total. The first kappa shape index (κ1) is 17.3. The van der Waals surface area contributed by atoms with Crippen molar-refractivity contribution < 1.29 is 23.8 Å². The lowest BCUT2D eigenvalue weighted by Gasteiger charge is -2.14. The van der Waals surface area contributed by atoms with Crippen LogP contribution in [0.1, 0.15) is 22.8 Å². The molecule has 0 atom stereocenters. The Bertz CT molecular complexity index is 735. The van der Waals surface area contributed by atoms with Crippen molar-refractivity contribution in [3.63, 3.8) is 0 Å². The molecule has 0 saturated heterocycles. The van der Waals surface area contributed by atoms with E-state index in [1.54, 1.807) is 25.1 Å². The summed E-state index contributed by atoms with van der Waals surface area (Å²) in [5, 5.41) is 0. The third-order valence-corrected chi connectivity index (χ3v) is 3.16. The van der Waals surface area contributed by atoms with Gasteiger partial charge in [-0.25, -0.2) is 4.79 Å². The van der Waals surface area contributed by atoms with Crippen LogP contribution in [0.2, 0.25) is 0 Å². The molecule has 124 valence electrons. The lowest BCUT2D eigenvalue weighted by Crippen LogP contribution is -2.04. The van der Waals surface area contributed by atoms with Gasteiger partial charge in [-0.15, -0.1) is 0 Å². The van der Waals surface area contributed by atoms with Gasteiger partial charge in [0, 0.05) is 0 Å². The van der Waals surface area contributed by atoms with Gasteiger partial charge in [0.2, 0.25) is 0 Å². The van der Waals surface area contributed by atoms with Crippen molar-refractivity contribution in [1.82, 2.24) is 0 Å². The highest BCUT2D eigenvalue weighted by molar-refractivity contribution is 5.83. The second-order valence-corrected chi connectivity index (χ2v) is 4.95. The zero-order valence-corrected chi connectivity index (χ0v) is 13.5. The molecule has 0 bridgehead atoms. The summed E-state index contributed by atoms with van der Waals surface area (Å²) in [6, 6.07) is 14.7. The summed E-state index contributed by atoms with van der Waals surface area (Å²) >= 11 is 0. The van der Waals surface area contributed by atoms with E-state index in [0.717, 1.165) is 5.56 Å². The molecule has 0 aromatic heterocycles. The molecule has 24 heavy (non-hydrogen) atoms. The Hall–Kier alpha value is -3.08. The molecular formula is C19H18O5. The molecule has 5 heteroatoms. The van der Waals surface area contributed by atoms with E-state index in [-0.39, 0.29) is 5.75 Å². The predicted molar refractivity (Wildman–Crippen MR) is 89.0 cm³/mol. The number of ether oxygens (including phenoxy) is 3. The number of hydrogen-bond donors (Lipinski definition) is 0. The summed E-state index contributed by atoms with van der Waals surface area (Å²) in [5.41, 5.74) is 1.32. The minimum absolute atomic E-state index is 0.265. The van der Waals surface area contributed by atoms with Gasteiger partial charge in [0.15, 0.2) is 17.8 Å². The maximum Gasteiger partial charge on any atom is 0.333 e. The van der Waals surface area contributed by atoms with Crippen LogP contribution in [0.5, 0.6) is 11.5 Å². The first-order chi connectivity index (χ1) is 11.6. The van der Waals surface area contributed by atoms with Crippen molar-refractivity contribution in [3.05, 3.63) is 71.5 Å². The first-order valence-electron chi connectivity index (χ1n) is 7.33. The zero-order chi connectivity index (χ0) is 17.4. The van der Waals surface area contributed by atoms with E-state index in [1.165, 1.54) is 13.2 Å². The third kappa shape index (κ3) is 4.71. The van der Waals surface area contributed by atoms with E-state index in [0.29, 0.717) is 30.0 Å². The molecule has 0 aliphatic rings. The first-order valence-corrected chi connectivity index (χ1v) is 7.33. The van der Waals surface area contributed by atoms with Crippen LogP contribution >= 0.6 is 0 Å². The number of carbonyl (C=O) groups is 2. The largest absolute Gasteiger partial charge is 0.485 e. The summed E-state index contributed by atoms with van der Waals surface area (Å²) in [6.07, 6.45) is 1.87. The van der Waals surface area contributed by atoms with Gasteiger partial charge in [-0.2, -0.15) is 0 Å². The van der Waals surface area contributed by atoms with E-state index >= 15 is 0 Å². The SMILES string of the molecule is COC(=O)/C=C(/C)Oc1c(C=O)cccc1OCc1ccccc1. The van der Waals surface area contributed by atoms with E-state index < -0.39 is 5.97 Å². The van der Waals surface area contributed by atoms with Crippen molar-refractivity contribution in [2.45, 2.75) is 13.5 Å². The molecule has 0 aliphatic carbocycles. The summed E-state index contributed by atoms with van der Waals surface area (Å²) in [6.45, 7) is 1.93. The van der Waals surface area contributed by atoms with Crippen LogP contribution < -0.4 is 9.47 Å². The van der Waals surface area contributed by atoms with Crippen LogP contribution in [0.4, 0.5) is 0 Å². The topological polar surface area (TPSA) is 61.8 Å². The Balaban J connectivity index is 2.23. The average molecular weight is 326 g/mol. The van der Waals surface area contributed by atoms with Crippen LogP contribution in [-0.2, 0) is 16.1 Å². The minimum atomic E-state index is -0.539. The van der Waals surface area contributed by atoms with Crippen molar-refractivity contribution in [3.8, 4) is 11.5 Å². The lowest BCUT2D eigenvalue weighted by molar-refractivity contribution is -0.135. The molecule has 0 spiro atoms. The van der Waals surface area contributed by atoms with Crippen LogP contribution in [0.25, 0.3) is 0 Å². The van der Waals surface area contributed by atoms with Gasteiger partial charge < -0.3 is 14.2 Å². The molecule has 5 nitrogen and oxygen atoms in total. The van der Waals surface area contributed by atoms with E-state index in [1.807, 2.05) is 30.3 Å². The van der Waals surface area contributed by atoms with Crippen LogP contribution in [0.15, 0.2) is 60.4 Å². The van der Waals surface area contributed by atoms with Gasteiger partial charge in [-0.1, -0.05) is 36.4 Å². The molecule has 0 radical (unpaired) electrons. The highest BCUT2D eigenvalue weighted by Gasteiger charge is 2.13. The Morgan fingerprint density at radius 1 is 1.08 bits per heavy atom. The predicted octanol–water partition coefficient (Wildman–Crippen LogP) is 3.53. The van der Waals surface area contributed by atoms with Gasteiger partial charge in [0.05, 0.1) is 18.7 Å². The monoisotopic (exact) mass is 326 g/mol. The van der Waals surface area contributed by atoms with Gasteiger partial charge in [-0.05, 0) is 24.6 Å². The van der Waals surface area contributed by atoms with Crippen molar-refractivity contribution in [2.75, 3.05) is 7.11 Å². The molecule has 0 unspecified atom stereocenters. The zero-order valence-electron chi connectivity index (χ0n) is 13.5. The smallest absolute Gasteiger partial charge is 0.333 e. The molecular weight excluding hydrogens is 308 g/mol. The van der Waals surface area contributed by atoms with Crippen molar-refractivity contribution in [1.29, 1.82) is 0 Å². The molecule has 2 rings (SSSR count). The number of aldehydes is 1. The summed E-state index contributed by atoms with van der Waals surface area (Å²) in [4.78, 5) is 22.6. The maximum absolute atomic E-state index is 11.3.